The van der Waals surface area contributed by atoms with E-state index in [2.05, 4.69) is 30.6 Å². The summed E-state index contributed by atoms with van der Waals surface area (Å²) in [5.74, 6) is -5.54. The molecule has 6 atom stereocenters. The van der Waals surface area contributed by atoms with E-state index in [1.54, 1.807) is 36.4 Å². The number of nitrogens with zero attached hydrogens (tertiary/aromatic N) is 2. The lowest BCUT2D eigenvalue weighted by Crippen LogP contribution is -2.34. The number of nitrogens with one attached hydrogen (secondary N) is 2. The first kappa shape index (κ1) is 41.5. The van der Waals surface area contributed by atoms with Crippen LogP contribution in [0, 0.1) is 46.8 Å². The Hall–Kier alpha value is -4.65. The van der Waals surface area contributed by atoms with Gasteiger partial charge in [-0.2, -0.15) is 5.26 Å². The molecule has 0 aliphatic heterocycles. The van der Waals surface area contributed by atoms with Gasteiger partial charge in [0, 0.05) is 44.0 Å². The highest BCUT2D eigenvalue weighted by molar-refractivity contribution is 5.94. The second-order valence-corrected chi connectivity index (χ2v) is 13.8. The Morgan fingerprint density at radius 2 is 1.26 bits per heavy atom. The van der Waals surface area contributed by atoms with E-state index in [0.717, 1.165) is 24.9 Å². The van der Waals surface area contributed by atoms with Crippen LogP contribution in [0.1, 0.15) is 91.5 Å². The highest BCUT2D eigenvalue weighted by Gasteiger charge is 2.37. The summed E-state index contributed by atoms with van der Waals surface area (Å²) in [4.78, 5) is 53.4. The first-order chi connectivity index (χ1) is 23.7. The van der Waals surface area contributed by atoms with Crippen molar-refractivity contribution in [3.63, 3.8) is 0 Å². The molecule has 0 saturated heterocycles. The fourth-order valence-corrected chi connectivity index (χ4v) is 6.72. The predicted molar refractivity (Wildman–Crippen MR) is 199 cm³/mol. The van der Waals surface area contributed by atoms with Crippen LogP contribution in [0.25, 0.3) is 0 Å². The Balaban J connectivity index is 2.24. The van der Waals surface area contributed by atoms with Crippen molar-refractivity contribution in [3.05, 3.63) is 65.7 Å². The van der Waals surface area contributed by atoms with E-state index in [4.69, 9.17) is 5.26 Å². The van der Waals surface area contributed by atoms with Crippen molar-refractivity contribution in [2.24, 2.45) is 35.5 Å². The smallest absolute Gasteiger partial charge is 0.307 e. The molecule has 0 aliphatic carbocycles. The first-order valence-corrected chi connectivity index (χ1v) is 17.7. The minimum absolute atomic E-state index is 0.00933. The Kier molecular flexibility index (Phi) is 17.2. The van der Waals surface area contributed by atoms with Crippen molar-refractivity contribution in [1.82, 2.24) is 0 Å². The second kappa shape index (κ2) is 20.8. The van der Waals surface area contributed by atoms with Crippen molar-refractivity contribution in [1.29, 1.82) is 5.26 Å². The number of carbonyl (C=O) groups is 4. The molecule has 10 nitrogen and oxygen atoms in total. The lowest BCUT2D eigenvalue weighted by atomic mass is 9.71. The summed E-state index contributed by atoms with van der Waals surface area (Å²) in [6.45, 7) is 10.1. The van der Waals surface area contributed by atoms with E-state index in [1.165, 1.54) is 5.57 Å². The number of carbonyl (C=O) groups excluding carboxylic acids is 2. The molecular weight excluding hydrogens is 632 g/mol. The van der Waals surface area contributed by atoms with Gasteiger partial charge in [-0.3, -0.25) is 19.2 Å². The highest BCUT2D eigenvalue weighted by Crippen LogP contribution is 2.37. The fraction of sp³-hybridized carbons (Fsp3) is 0.525. The van der Waals surface area contributed by atoms with E-state index in [9.17, 15) is 29.4 Å². The van der Waals surface area contributed by atoms with Gasteiger partial charge in [0.1, 0.15) is 0 Å². The third-order valence-electron chi connectivity index (χ3n) is 10.0. The molecule has 4 N–H and O–H groups in total. The largest absolute Gasteiger partial charge is 0.481 e. The molecule has 0 aliphatic rings. The van der Waals surface area contributed by atoms with Gasteiger partial charge in [-0.05, 0) is 105 Å². The van der Waals surface area contributed by atoms with Crippen LogP contribution in [0.4, 0.5) is 17.1 Å². The third kappa shape index (κ3) is 13.3. The zero-order valence-corrected chi connectivity index (χ0v) is 30.7. The van der Waals surface area contributed by atoms with E-state index in [1.807, 2.05) is 58.0 Å². The number of benzene rings is 2. The van der Waals surface area contributed by atoms with Crippen LogP contribution in [-0.2, 0) is 19.2 Å². The van der Waals surface area contributed by atoms with Gasteiger partial charge in [0.15, 0.2) is 0 Å². The summed E-state index contributed by atoms with van der Waals surface area (Å²) >= 11 is 0. The molecule has 2 amide bonds. The highest BCUT2D eigenvalue weighted by atomic mass is 16.4. The molecule has 0 radical (unpaired) electrons. The number of carboxylic acid groups (broad SMARTS) is 2. The van der Waals surface area contributed by atoms with E-state index in [0.29, 0.717) is 36.2 Å². The molecule has 0 aromatic heterocycles. The maximum atomic E-state index is 13.2. The maximum Gasteiger partial charge on any atom is 0.307 e. The lowest BCUT2D eigenvalue weighted by Gasteiger charge is -2.33. The number of anilines is 3. The van der Waals surface area contributed by atoms with Gasteiger partial charge >= 0.3 is 11.9 Å². The summed E-state index contributed by atoms with van der Waals surface area (Å²) in [5, 5.41) is 35.3. The van der Waals surface area contributed by atoms with Crippen molar-refractivity contribution in [2.45, 2.75) is 86.0 Å². The molecule has 0 spiro atoms. The van der Waals surface area contributed by atoms with Crippen molar-refractivity contribution in [3.8, 4) is 6.07 Å². The number of carboxylic acids is 2. The quantitative estimate of drug-likeness (QED) is 0.0955. The number of nitriles is 1. The van der Waals surface area contributed by atoms with Gasteiger partial charge in [0.2, 0.25) is 11.8 Å². The second-order valence-electron chi connectivity index (χ2n) is 13.8. The average molecular weight is 689 g/mol. The van der Waals surface area contributed by atoms with Gasteiger partial charge in [-0.1, -0.05) is 52.2 Å². The molecule has 0 fully saturated rings. The molecule has 0 saturated carbocycles. The molecule has 272 valence electrons. The number of amides is 2. The zero-order chi connectivity index (χ0) is 37.4. The molecule has 2 aromatic rings. The lowest BCUT2D eigenvalue weighted by molar-refractivity contribution is -0.146. The number of aliphatic carboxylic acids is 2. The van der Waals surface area contributed by atoms with E-state index in [-0.39, 0.29) is 42.4 Å². The topological polar surface area (TPSA) is 160 Å². The van der Waals surface area contributed by atoms with Gasteiger partial charge in [0.05, 0.1) is 23.5 Å². The molecule has 10 heteroatoms. The summed E-state index contributed by atoms with van der Waals surface area (Å²) < 4.78 is 0. The standard InChI is InChI=1S/C40H56N4O6/c1-8-26(3)11-10-12-27(4)34(36(40(49)50)24-38(46)43-31-18-20-32(21-19-31)44(6)7)22-13-28(5)33(9-2)35(39(47)48)23-37(45)42-30-16-14-29(25-41)15-17-30/h11,14-21,27-28,33-36H,8-10,12-13,22-24H2,1-7H3,(H,42,45)(H,43,46)(H,47,48)(H,49,50)/b26-11-. The number of hydrogen-bond donors (Lipinski definition) is 4. The van der Waals surface area contributed by atoms with Crippen molar-refractivity contribution in [2.75, 3.05) is 29.6 Å². The van der Waals surface area contributed by atoms with E-state index >= 15 is 0 Å². The van der Waals surface area contributed by atoms with E-state index < -0.39 is 29.7 Å². The average Bonchev–Trinajstić information content (AvgIpc) is 3.07. The number of hydrogen-bond acceptors (Lipinski definition) is 6. The van der Waals surface area contributed by atoms with Crippen LogP contribution in [0.5, 0.6) is 0 Å². The molecule has 0 bridgehead atoms. The Bertz CT molecular complexity index is 1480. The molecule has 50 heavy (non-hydrogen) atoms. The molecule has 6 unspecified atom stereocenters. The normalized spacial score (nSPS) is 15.0. The van der Waals surface area contributed by atoms with Gasteiger partial charge in [-0.15, -0.1) is 0 Å². The third-order valence-corrected chi connectivity index (χ3v) is 10.0. The minimum atomic E-state index is -1.06. The number of rotatable bonds is 21. The predicted octanol–water partition coefficient (Wildman–Crippen LogP) is 8.21. The van der Waals surface area contributed by atoms with Crippen LogP contribution in [0.15, 0.2) is 60.2 Å². The Labute approximate surface area is 298 Å². The monoisotopic (exact) mass is 688 g/mol. The summed E-state index contributed by atoms with van der Waals surface area (Å²) in [5.41, 5.74) is 3.77. The molecule has 2 aromatic carbocycles. The molecule has 0 heterocycles. The summed E-state index contributed by atoms with van der Waals surface area (Å²) in [6.07, 6.45) is 5.88. The van der Waals surface area contributed by atoms with Crippen LogP contribution in [-0.4, -0.2) is 48.1 Å². The van der Waals surface area contributed by atoms with Gasteiger partial charge in [-0.25, -0.2) is 0 Å². The maximum absolute atomic E-state index is 13.2. The first-order valence-electron chi connectivity index (χ1n) is 17.7. The van der Waals surface area contributed by atoms with Crippen LogP contribution >= 0.6 is 0 Å². The summed E-state index contributed by atoms with van der Waals surface area (Å²) in [7, 11) is 3.85. The minimum Gasteiger partial charge on any atom is -0.481 e. The van der Waals surface area contributed by atoms with Crippen molar-refractivity contribution >= 4 is 40.8 Å². The van der Waals surface area contributed by atoms with Gasteiger partial charge in [0.25, 0.3) is 0 Å². The Morgan fingerprint density at radius 3 is 1.70 bits per heavy atom. The Morgan fingerprint density at radius 1 is 0.780 bits per heavy atom. The SMILES string of the molecule is CC/C(C)=C\CCC(C)C(CCC(C)C(CC)C(CC(=O)Nc1ccc(C#N)cc1)C(=O)O)C(CC(=O)Nc1ccc(N(C)C)cc1)C(=O)O. The fourth-order valence-electron chi connectivity index (χ4n) is 6.72. The molecular formula is C40H56N4O6. The van der Waals surface area contributed by atoms with Crippen molar-refractivity contribution < 1.29 is 29.4 Å². The number of allylic oxidation sites excluding steroid dienone is 2. The van der Waals surface area contributed by atoms with Crippen LogP contribution < -0.4 is 15.5 Å². The summed E-state index contributed by atoms with van der Waals surface area (Å²) in [6, 6.07) is 15.7. The molecule has 2 rings (SSSR count). The van der Waals surface area contributed by atoms with Crippen LogP contribution in [0.3, 0.4) is 0 Å². The van der Waals surface area contributed by atoms with Gasteiger partial charge < -0.3 is 25.7 Å². The zero-order valence-electron chi connectivity index (χ0n) is 30.7. The van der Waals surface area contributed by atoms with Crippen LogP contribution in [0.2, 0.25) is 0 Å².